The third-order valence-corrected chi connectivity index (χ3v) is 6.43. The molecule has 2 amide bonds. The number of amides is 2. The van der Waals surface area contributed by atoms with Crippen LogP contribution in [0.15, 0.2) is 48.0 Å². The van der Waals surface area contributed by atoms with Crippen LogP contribution in [0.2, 0.25) is 0 Å². The smallest absolute Gasteiger partial charge is 0.295 e. The summed E-state index contributed by atoms with van der Waals surface area (Å²) < 4.78 is 10.9. The number of carbonyl (C=O) groups is 3. The number of nitrogens with zero attached hydrogens (tertiary/aromatic N) is 2. The van der Waals surface area contributed by atoms with Crippen LogP contribution in [0.3, 0.4) is 0 Å². The third kappa shape index (κ3) is 6.29. The van der Waals surface area contributed by atoms with Gasteiger partial charge in [-0.3, -0.25) is 14.4 Å². The number of carbonyl (C=O) groups excluding carboxylic acids is 3. The molecular weight excluding hydrogens is 474 g/mol. The zero-order chi connectivity index (χ0) is 27.1. The summed E-state index contributed by atoms with van der Waals surface area (Å²) in [6, 6.07) is 11.1. The summed E-state index contributed by atoms with van der Waals surface area (Å²) in [6.07, 6.45) is 0. The summed E-state index contributed by atoms with van der Waals surface area (Å²) in [5, 5.41) is 11.4. The van der Waals surface area contributed by atoms with Crippen molar-refractivity contribution in [2.45, 2.75) is 33.7 Å². The maximum Gasteiger partial charge on any atom is 0.295 e. The highest BCUT2D eigenvalue weighted by atomic mass is 16.5. The lowest BCUT2D eigenvalue weighted by Crippen LogP contribution is -2.38. The first-order valence-electron chi connectivity index (χ1n) is 12.5. The van der Waals surface area contributed by atoms with Crippen LogP contribution < -0.4 is 15.2 Å². The van der Waals surface area contributed by atoms with Gasteiger partial charge in [-0.25, -0.2) is 0 Å². The number of primary amides is 1. The molecule has 0 aliphatic carbocycles. The lowest BCUT2D eigenvalue weighted by atomic mass is 9.94. The predicted molar refractivity (Wildman–Crippen MR) is 140 cm³/mol. The molecule has 0 spiro atoms. The summed E-state index contributed by atoms with van der Waals surface area (Å²) in [6.45, 7) is 10.5. The Morgan fingerprint density at radius 3 is 2.24 bits per heavy atom. The minimum atomic E-state index is -0.785. The molecule has 1 unspecified atom stereocenters. The van der Waals surface area contributed by atoms with E-state index in [1.807, 2.05) is 27.7 Å². The number of likely N-dealkylation sites (tertiary alicyclic amines) is 1. The molecule has 2 aromatic rings. The number of likely N-dealkylation sites (N-methyl/N-ethyl adjacent to an activating group) is 1. The second-order valence-corrected chi connectivity index (χ2v) is 8.75. The standard InChI is InChI=1S/C28H35N3O6/c1-5-30(6-2)14-15-31-25(19-8-10-20(11-9-19)37-17-23(29)32)24(27(34)28(31)35)26(33)22-13-12-21(36-7-3)16-18(22)4/h8-13,16,25,33H,5-7,14-15,17H2,1-4H3,(H2,29,32). The molecule has 198 valence electrons. The van der Waals surface area contributed by atoms with Gasteiger partial charge < -0.3 is 30.1 Å². The minimum Gasteiger partial charge on any atom is -0.507 e. The molecule has 9 heteroatoms. The van der Waals surface area contributed by atoms with E-state index in [1.165, 1.54) is 4.90 Å². The third-order valence-electron chi connectivity index (χ3n) is 6.43. The van der Waals surface area contributed by atoms with Crippen molar-refractivity contribution in [2.75, 3.05) is 39.4 Å². The van der Waals surface area contributed by atoms with Gasteiger partial charge in [-0.1, -0.05) is 26.0 Å². The molecule has 0 bridgehead atoms. The zero-order valence-corrected chi connectivity index (χ0v) is 21.8. The highest BCUT2D eigenvalue weighted by molar-refractivity contribution is 6.46. The van der Waals surface area contributed by atoms with Crippen molar-refractivity contribution in [3.05, 3.63) is 64.7 Å². The number of hydrogen-bond donors (Lipinski definition) is 2. The lowest BCUT2D eigenvalue weighted by Gasteiger charge is -2.28. The van der Waals surface area contributed by atoms with Crippen LogP contribution in [0, 0.1) is 6.92 Å². The Morgan fingerprint density at radius 2 is 1.68 bits per heavy atom. The Kier molecular flexibility index (Phi) is 9.30. The summed E-state index contributed by atoms with van der Waals surface area (Å²) in [5.74, 6) is -1.15. The molecule has 0 aromatic heterocycles. The topological polar surface area (TPSA) is 122 Å². The summed E-state index contributed by atoms with van der Waals surface area (Å²) in [5.41, 5.74) is 6.99. The maximum absolute atomic E-state index is 13.3. The molecule has 1 fully saturated rings. The van der Waals surface area contributed by atoms with Gasteiger partial charge in [-0.2, -0.15) is 0 Å². The van der Waals surface area contributed by atoms with Gasteiger partial charge in [0.1, 0.15) is 17.3 Å². The van der Waals surface area contributed by atoms with E-state index in [0.717, 1.165) is 13.1 Å². The summed E-state index contributed by atoms with van der Waals surface area (Å²) in [7, 11) is 0. The van der Waals surface area contributed by atoms with Crippen LogP contribution >= 0.6 is 0 Å². The van der Waals surface area contributed by atoms with Crippen molar-refractivity contribution < 1.29 is 29.0 Å². The van der Waals surface area contributed by atoms with Crippen LogP contribution in [-0.2, 0) is 14.4 Å². The van der Waals surface area contributed by atoms with Crippen molar-refractivity contribution in [2.24, 2.45) is 5.73 Å². The summed E-state index contributed by atoms with van der Waals surface area (Å²) >= 11 is 0. The molecule has 9 nitrogen and oxygen atoms in total. The monoisotopic (exact) mass is 509 g/mol. The minimum absolute atomic E-state index is 0.0302. The molecule has 0 saturated carbocycles. The Morgan fingerprint density at radius 1 is 1.03 bits per heavy atom. The van der Waals surface area contributed by atoms with Crippen molar-refractivity contribution in [1.82, 2.24) is 9.80 Å². The van der Waals surface area contributed by atoms with Crippen LogP contribution in [0.5, 0.6) is 11.5 Å². The average Bonchev–Trinajstić information content (AvgIpc) is 3.13. The van der Waals surface area contributed by atoms with Crippen molar-refractivity contribution in [1.29, 1.82) is 0 Å². The lowest BCUT2D eigenvalue weighted by molar-refractivity contribution is -0.140. The molecular formula is C28H35N3O6. The SMILES string of the molecule is CCOc1ccc(C(O)=C2C(=O)C(=O)N(CCN(CC)CC)C2c2ccc(OCC(N)=O)cc2)c(C)c1. The predicted octanol–water partition coefficient (Wildman–Crippen LogP) is 3.02. The van der Waals surface area contributed by atoms with E-state index in [-0.39, 0.29) is 17.9 Å². The second kappa shape index (κ2) is 12.4. The fourth-order valence-corrected chi connectivity index (χ4v) is 4.45. The Balaban J connectivity index is 2.07. The van der Waals surface area contributed by atoms with Gasteiger partial charge >= 0.3 is 0 Å². The van der Waals surface area contributed by atoms with E-state index in [2.05, 4.69) is 4.90 Å². The van der Waals surface area contributed by atoms with Crippen LogP contribution in [0.4, 0.5) is 0 Å². The van der Waals surface area contributed by atoms with Gasteiger partial charge in [0.15, 0.2) is 6.61 Å². The van der Waals surface area contributed by atoms with Crippen LogP contribution in [-0.4, -0.2) is 71.9 Å². The van der Waals surface area contributed by atoms with Gasteiger partial charge in [0.25, 0.3) is 17.6 Å². The Bertz CT molecular complexity index is 1170. The zero-order valence-electron chi connectivity index (χ0n) is 21.8. The van der Waals surface area contributed by atoms with Crippen LogP contribution in [0.25, 0.3) is 5.76 Å². The number of ketones is 1. The van der Waals surface area contributed by atoms with E-state index in [1.54, 1.807) is 42.5 Å². The quantitative estimate of drug-likeness (QED) is 0.256. The first kappa shape index (κ1) is 27.7. The molecule has 1 heterocycles. The van der Waals surface area contributed by atoms with Gasteiger partial charge in [0.05, 0.1) is 18.2 Å². The molecule has 0 radical (unpaired) electrons. The number of aryl methyl sites for hydroxylation is 1. The number of hydrogen-bond acceptors (Lipinski definition) is 7. The average molecular weight is 510 g/mol. The van der Waals surface area contributed by atoms with Crippen molar-refractivity contribution in [3.8, 4) is 11.5 Å². The second-order valence-electron chi connectivity index (χ2n) is 8.75. The number of aliphatic hydroxyl groups excluding tert-OH is 1. The van der Waals surface area contributed by atoms with Gasteiger partial charge in [0, 0.05) is 18.7 Å². The van der Waals surface area contributed by atoms with Gasteiger partial charge in [-0.15, -0.1) is 0 Å². The van der Waals surface area contributed by atoms with E-state index in [9.17, 15) is 19.5 Å². The highest BCUT2D eigenvalue weighted by Gasteiger charge is 2.46. The first-order chi connectivity index (χ1) is 17.7. The molecule has 1 saturated heterocycles. The number of rotatable bonds is 12. The van der Waals surface area contributed by atoms with Crippen LogP contribution in [0.1, 0.15) is 43.5 Å². The maximum atomic E-state index is 13.3. The fourth-order valence-electron chi connectivity index (χ4n) is 4.45. The van der Waals surface area contributed by atoms with Crippen molar-refractivity contribution >= 4 is 23.4 Å². The molecule has 1 aliphatic rings. The van der Waals surface area contributed by atoms with Gasteiger partial charge in [0.2, 0.25) is 0 Å². The van der Waals surface area contributed by atoms with Crippen molar-refractivity contribution in [3.63, 3.8) is 0 Å². The molecule has 1 atom stereocenters. The largest absolute Gasteiger partial charge is 0.507 e. The number of nitrogens with two attached hydrogens (primary N) is 1. The Hall–Kier alpha value is -3.85. The summed E-state index contributed by atoms with van der Waals surface area (Å²) in [4.78, 5) is 41.2. The molecule has 3 rings (SSSR count). The molecule has 37 heavy (non-hydrogen) atoms. The van der Waals surface area contributed by atoms with E-state index >= 15 is 0 Å². The van der Waals surface area contributed by atoms with E-state index in [0.29, 0.717) is 47.9 Å². The van der Waals surface area contributed by atoms with E-state index in [4.69, 9.17) is 15.2 Å². The van der Waals surface area contributed by atoms with Gasteiger partial charge in [-0.05, 0) is 68.4 Å². The number of Topliss-reactive ketones (excluding diaryl/α,β-unsaturated/α-hetero) is 1. The Labute approximate surface area is 217 Å². The number of ether oxygens (including phenoxy) is 2. The number of aliphatic hydroxyl groups is 1. The first-order valence-corrected chi connectivity index (χ1v) is 12.5. The normalized spacial score (nSPS) is 16.9. The molecule has 3 N–H and O–H groups in total. The fraction of sp³-hybridized carbons (Fsp3) is 0.393. The van der Waals surface area contributed by atoms with E-state index < -0.39 is 23.6 Å². The highest BCUT2D eigenvalue weighted by Crippen LogP contribution is 2.40. The molecule has 1 aliphatic heterocycles. The molecule has 2 aromatic carbocycles. The number of benzene rings is 2.